The van der Waals surface area contributed by atoms with E-state index >= 15 is 0 Å². The first kappa shape index (κ1) is 11.4. The molecule has 0 radical (unpaired) electrons. The van der Waals surface area contributed by atoms with E-state index in [1.54, 1.807) is 12.3 Å². The molecule has 1 heterocycles. The largest absolute Gasteiger partial charge is 0.495 e. The fourth-order valence-corrected chi connectivity index (χ4v) is 1.95. The van der Waals surface area contributed by atoms with Gasteiger partial charge in [-0.15, -0.1) is 0 Å². The van der Waals surface area contributed by atoms with Crippen LogP contribution in [0.25, 0.3) is 10.9 Å². The third kappa shape index (κ3) is 1.83. The van der Waals surface area contributed by atoms with Crippen LogP contribution in [0, 0.1) is 10.1 Å². The van der Waals surface area contributed by atoms with Crippen LogP contribution < -0.4 is 10.5 Å². The molecule has 0 aliphatic rings. The molecule has 0 unspecified atom stereocenters. The summed E-state index contributed by atoms with van der Waals surface area (Å²) in [6.45, 7) is 0.446. The predicted octanol–water partition coefficient (Wildman–Crippen LogP) is 1.59. The van der Waals surface area contributed by atoms with Gasteiger partial charge in [0.25, 0.3) is 5.69 Å². The highest BCUT2D eigenvalue weighted by atomic mass is 16.6. The molecule has 2 rings (SSSR count). The molecule has 1 aromatic carbocycles. The third-order valence-corrected chi connectivity index (χ3v) is 2.69. The van der Waals surface area contributed by atoms with Crippen LogP contribution in [0.2, 0.25) is 0 Å². The molecule has 6 nitrogen and oxygen atoms in total. The number of non-ortho nitro benzene ring substituents is 1. The fraction of sp³-hybridized carbons (Fsp3) is 0.273. The van der Waals surface area contributed by atoms with Gasteiger partial charge in [0.15, 0.2) is 0 Å². The molecule has 0 aliphatic heterocycles. The Morgan fingerprint density at radius 3 is 2.88 bits per heavy atom. The van der Waals surface area contributed by atoms with E-state index in [-0.39, 0.29) is 5.69 Å². The van der Waals surface area contributed by atoms with E-state index in [9.17, 15) is 10.1 Å². The summed E-state index contributed by atoms with van der Waals surface area (Å²) in [6.07, 6.45) is 2.33. The standard InChI is InChI=1S/C11H13N3O3/c1-17-9-3-2-8(14(15)16)10-7(4-5-12)6-13-11(9)10/h2-3,6,13H,4-5,12H2,1H3. The number of aromatic nitrogens is 1. The molecule has 17 heavy (non-hydrogen) atoms. The lowest BCUT2D eigenvalue weighted by atomic mass is 10.1. The van der Waals surface area contributed by atoms with Crippen molar-refractivity contribution in [2.45, 2.75) is 6.42 Å². The number of nitro benzene ring substituents is 1. The highest BCUT2D eigenvalue weighted by molar-refractivity contribution is 5.95. The second kappa shape index (κ2) is 4.42. The van der Waals surface area contributed by atoms with E-state index < -0.39 is 4.92 Å². The summed E-state index contributed by atoms with van der Waals surface area (Å²) < 4.78 is 5.17. The van der Waals surface area contributed by atoms with Crippen LogP contribution in [-0.2, 0) is 6.42 Å². The van der Waals surface area contributed by atoms with Gasteiger partial charge in [0, 0.05) is 12.3 Å². The Labute approximate surface area is 97.5 Å². The second-order valence-electron chi connectivity index (χ2n) is 3.65. The first-order valence-electron chi connectivity index (χ1n) is 5.20. The van der Waals surface area contributed by atoms with Crippen molar-refractivity contribution in [2.24, 2.45) is 5.73 Å². The number of H-pyrrole nitrogens is 1. The zero-order valence-electron chi connectivity index (χ0n) is 9.40. The molecule has 0 saturated heterocycles. The van der Waals surface area contributed by atoms with Crippen LogP contribution in [-0.4, -0.2) is 23.6 Å². The predicted molar refractivity (Wildman–Crippen MR) is 64.3 cm³/mol. The lowest BCUT2D eigenvalue weighted by molar-refractivity contribution is -0.383. The van der Waals surface area contributed by atoms with E-state index in [4.69, 9.17) is 10.5 Å². The van der Waals surface area contributed by atoms with Gasteiger partial charge in [-0.1, -0.05) is 0 Å². The minimum absolute atomic E-state index is 0.0745. The normalized spacial score (nSPS) is 10.7. The number of ether oxygens (including phenoxy) is 1. The summed E-state index contributed by atoms with van der Waals surface area (Å²) in [5.74, 6) is 0.592. The van der Waals surface area contributed by atoms with E-state index in [0.717, 1.165) is 5.56 Å². The molecule has 0 spiro atoms. The topological polar surface area (TPSA) is 94.2 Å². The fourth-order valence-electron chi connectivity index (χ4n) is 1.95. The highest BCUT2D eigenvalue weighted by Crippen LogP contribution is 2.34. The molecule has 0 amide bonds. The minimum Gasteiger partial charge on any atom is -0.495 e. The molecule has 90 valence electrons. The number of hydrogen-bond donors (Lipinski definition) is 2. The maximum Gasteiger partial charge on any atom is 0.279 e. The molecule has 6 heteroatoms. The minimum atomic E-state index is -0.393. The number of nitro groups is 1. The number of hydrogen-bond acceptors (Lipinski definition) is 4. The van der Waals surface area contributed by atoms with Crippen LogP contribution in [0.5, 0.6) is 5.75 Å². The van der Waals surface area contributed by atoms with Gasteiger partial charge < -0.3 is 15.5 Å². The van der Waals surface area contributed by atoms with Crippen molar-refractivity contribution in [1.29, 1.82) is 0 Å². The zero-order valence-corrected chi connectivity index (χ0v) is 9.40. The van der Waals surface area contributed by atoms with Crippen molar-refractivity contribution in [3.05, 3.63) is 34.0 Å². The Morgan fingerprint density at radius 2 is 2.29 bits per heavy atom. The van der Waals surface area contributed by atoms with Gasteiger partial charge in [-0.25, -0.2) is 0 Å². The molecule has 0 atom stereocenters. The maximum absolute atomic E-state index is 11.0. The molecular weight excluding hydrogens is 222 g/mol. The summed E-state index contributed by atoms with van der Waals surface area (Å²) in [5.41, 5.74) is 7.05. The van der Waals surface area contributed by atoms with Crippen molar-refractivity contribution >= 4 is 16.6 Å². The van der Waals surface area contributed by atoms with Crippen molar-refractivity contribution in [3.8, 4) is 5.75 Å². The van der Waals surface area contributed by atoms with Gasteiger partial charge in [-0.05, 0) is 24.6 Å². The van der Waals surface area contributed by atoms with Crippen LogP contribution in [0.4, 0.5) is 5.69 Å². The Kier molecular flexibility index (Phi) is 2.97. The second-order valence-corrected chi connectivity index (χ2v) is 3.65. The number of methoxy groups -OCH3 is 1. The van der Waals surface area contributed by atoms with Gasteiger partial charge in [-0.3, -0.25) is 10.1 Å². The van der Waals surface area contributed by atoms with Gasteiger partial charge in [0.2, 0.25) is 0 Å². The first-order chi connectivity index (χ1) is 8.19. The number of rotatable bonds is 4. The molecule has 2 aromatic rings. The Morgan fingerprint density at radius 1 is 1.53 bits per heavy atom. The summed E-state index contributed by atoms with van der Waals surface area (Å²) >= 11 is 0. The molecule has 1 aromatic heterocycles. The SMILES string of the molecule is COc1ccc([N+](=O)[O-])c2c(CCN)c[nH]c12. The monoisotopic (exact) mass is 235 g/mol. The lowest BCUT2D eigenvalue weighted by Gasteiger charge is -2.03. The zero-order chi connectivity index (χ0) is 12.4. The molecule has 0 saturated carbocycles. The van der Waals surface area contributed by atoms with Gasteiger partial charge >= 0.3 is 0 Å². The molecule has 0 bridgehead atoms. The quantitative estimate of drug-likeness (QED) is 0.621. The number of nitrogens with zero attached hydrogens (tertiary/aromatic N) is 1. The van der Waals surface area contributed by atoms with E-state index in [0.29, 0.717) is 29.6 Å². The van der Waals surface area contributed by atoms with Crippen molar-refractivity contribution < 1.29 is 9.66 Å². The van der Waals surface area contributed by atoms with Gasteiger partial charge in [0.1, 0.15) is 5.75 Å². The van der Waals surface area contributed by atoms with Crippen molar-refractivity contribution in [1.82, 2.24) is 4.98 Å². The van der Waals surface area contributed by atoms with Crippen molar-refractivity contribution in [2.75, 3.05) is 13.7 Å². The van der Waals surface area contributed by atoms with E-state index in [2.05, 4.69) is 4.98 Å². The third-order valence-electron chi connectivity index (χ3n) is 2.69. The number of benzene rings is 1. The van der Waals surface area contributed by atoms with Crippen LogP contribution in [0.1, 0.15) is 5.56 Å². The molecule has 0 aliphatic carbocycles. The van der Waals surface area contributed by atoms with Crippen LogP contribution in [0.3, 0.4) is 0 Å². The molecular formula is C11H13N3O3. The summed E-state index contributed by atoms with van der Waals surface area (Å²) in [4.78, 5) is 13.6. The van der Waals surface area contributed by atoms with E-state index in [1.807, 2.05) is 0 Å². The van der Waals surface area contributed by atoms with Gasteiger partial charge in [0.05, 0.1) is 22.9 Å². The molecule has 3 N–H and O–H groups in total. The number of aromatic amines is 1. The van der Waals surface area contributed by atoms with Crippen molar-refractivity contribution in [3.63, 3.8) is 0 Å². The average Bonchev–Trinajstić information content (AvgIpc) is 2.72. The first-order valence-corrected chi connectivity index (χ1v) is 5.20. The summed E-state index contributed by atoms with van der Waals surface area (Å²) in [7, 11) is 1.53. The molecule has 0 fully saturated rings. The number of fused-ring (bicyclic) bond motifs is 1. The Bertz CT molecular complexity index is 562. The highest BCUT2D eigenvalue weighted by Gasteiger charge is 2.19. The summed E-state index contributed by atoms with van der Waals surface area (Å²) in [6, 6.07) is 3.04. The number of nitrogens with two attached hydrogens (primary N) is 1. The van der Waals surface area contributed by atoms with Gasteiger partial charge in [-0.2, -0.15) is 0 Å². The average molecular weight is 235 g/mol. The lowest BCUT2D eigenvalue weighted by Crippen LogP contribution is -2.02. The summed E-state index contributed by atoms with van der Waals surface area (Å²) in [5, 5.41) is 11.6. The van der Waals surface area contributed by atoms with Crippen LogP contribution >= 0.6 is 0 Å². The Balaban J connectivity index is 2.74. The van der Waals surface area contributed by atoms with E-state index in [1.165, 1.54) is 13.2 Å². The maximum atomic E-state index is 11.0. The van der Waals surface area contributed by atoms with Crippen LogP contribution in [0.15, 0.2) is 18.3 Å². The Hall–Kier alpha value is -2.08. The smallest absolute Gasteiger partial charge is 0.279 e. The number of nitrogens with one attached hydrogen (secondary N) is 1.